The van der Waals surface area contributed by atoms with Gasteiger partial charge in [-0.2, -0.15) is 5.10 Å². The van der Waals surface area contributed by atoms with Crippen LogP contribution in [0.3, 0.4) is 0 Å². The number of hydrogen-bond donors (Lipinski definition) is 1. The van der Waals surface area contributed by atoms with Crippen molar-refractivity contribution in [2.24, 2.45) is 5.92 Å². The molecule has 0 aliphatic carbocycles. The maximum absolute atomic E-state index is 12.1. The molecule has 1 amide bonds. The molecule has 2 aromatic rings. The van der Waals surface area contributed by atoms with Gasteiger partial charge in [0, 0.05) is 18.9 Å². The topological polar surface area (TPSA) is 64.7 Å². The summed E-state index contributed by atoms with van der Waals surface area (Å²) in [4.78, 5) is 16.3. The van der Waals surface area contributed by atoms with Crippen molar-refractivity contribution in [1.29, 1.82) is 0 Å². The normalized spacial score (nSPS) is 12.6. The highest BCUT2D eigenvalue weighted by atomic mass is 35.5. The van der Waals surface area contributed by atoms with Crippen LogP contribution in [0.15, 0.2) is 24.9 Å². The van der Waals surface area contributed by atoms with Crippen LogP contribution in [0.4, 0.5) is 0 Å². The lowest BCUT2D eigenvalue weighted by Crippen LogP contribution is -2.31. The van der Waals surface area contributed by atoms with Crippen molar-refractivity contribution in [3.63, 3.8) is 0 Å². The molecule has 1 N–H and O–H groups in total. The first kappa shape index (κ1) is 15.6. The zero-order valence-corrected chi connectivity index (χ0v) is 13.2. The molecule has 0 aliphatic heterocycles. The van der Waals surface area contributed by atoms with Crippen LogP contribution < -0.4 is 5.32 Å². The number of imidazole rings is 1. The standard InChI is InChI=1S/C14H20ClN5O/c1-10(2)7-19-9-16-5-13(19)6-17-14(21)11(3)20-8-12(15)4-18-20/h4-5,8-11H,6-7H2,1-3H3,(H,17,21)/t11-/m0/s1. The van der Waals surface area contributed by atoms with Gasteiger partial charge in [-0.3, -0.25) is 9.48 Å². The van der Waals surface area contributed by atoms with Crippen LogP contribution in [-0.4, -0.2) is 25.2 Å². The number of halogens is 1. The van der Waals surface area contributed by atoms with Crippen molar-refractivity contribution >= 4 is 17.5 Å². The van der Waals surface area contributed by atoms with Gasteiger partial charge in [-0.05, 0) is 12.8 Å². The predicted octanol–water partition coefficient (Wildman–Crippen LogP) is 2.27. The van der Waals surface area contributed by atoms with Crippen molar-refractivity contribution in [1.82, 2.24) is 24.6 Å². The van der Waals surface area contributed by atoms with Gasteiger partial charge >= 0.3 is 0 Å². The molecule has 0 aromatic carbocycles. The van der Waals surface area contributed by atoms with Crippen LogP contribution >= 0.6 is 11.6 Å². The van der Waals surface area contributed by atoms with E-state index in [1.807, 2.05) is 0 Å². The maximum atomic E-state index is 12.1. The number of carbonyl (C=O) groups is 1. The van der Waals surface area contributed by atoms with E-state index in [1.165, 1.54) is 6.20 Å². The minimum atomic E-state index is -0.404. The number of aromatic nitrogens is 4. The minimum absolute atomic E-state index is 0.105. The molecule has 0 spiro atoms. The molecule has 0 unspecified atom stereocenters. The summed E-state index contributed by atoms with van der Waals surface area (Å²) in [6.45, 7) is 7.41. The van der Waals surface area contributed by atoms with E-state index in [4.69, 9.17) is 11.6 Å². The monoisotopic (exact) mass is 309 g/mol. The average Bonchev–Trinajstić information content (AvgIpc) is 3.03. The molecule has 2 heterocycles. The molecule has 0 saturated heterocycles. The molecule has 21 heavy (non-hydrogen) atoms. The largest absolute Gasteiger partial charge is 0.349 e. The summed E-state index contributed by atoms with van der Waals surface area (Å²) in [7, 11) is 0. The van der Waals surface area contributed by atoms with E-state index in [0.29, 0.717) is 17.5 Å². The van der Waals surface area contributed by atoms with Gasteiger partial charge in [0.25, 0.3) is 0 Å². The lowest BCUT2D eigenvalue weighted by molar-refractivity contribution is -0.124. The Balaban J connectivity index is 1.93. The van der Waals surface area contributed by atoms with Crippen molar-refractivity contribution in [2.45, 2.75) is 39.9 Å². The fourth-order valence-electron chi connectivity index (χ4n) is 2.03. The van der Waals surface area contributed by atoms with Crippen LogP contribution in [-0.2, 0) is 17.9 Å². The molecule has 114 valence electrons. The van der Waals surface area contributed by atoms with Gasteiger partial charge in [-0.1, -0.05) is 25.4 Å². The Kier molecular flexibility index (Phi) is 5.01. The Hall–Kier alpha value is -1.82. The van der Waals surface area contributed by atoms with E-state index >= 15 is 0 Å². The highest BCUT2D eigenvalue weighted by molar-refractivity contribution is 6.30. The molecule has 1 atom stereocenters. The number of nitrogens with zero attached hydrogens (tertiary/aromatic N) is 4. The van der Waals surface area contributed by atoms with Crippen LogP contribution in [0, 0.1) is 5.92 Å². The summed E-state index contributed by atoms with van der Waals surface area (Å²) < 4.78 is 3.60. The third-order valence-corrected chi connectivity index (χ3v) is 3.35. The highest BCUT2D eigenvalue weighted by Crippen LogP contribution is 2.11. The van der Waals surface area contributed by atoms with Gasteiger partial charge in [0.2, 0.25) is 5.91 Å². The number of nitrogens with one attached hydrogen (secondary N) is 1. The van der Waals surface area contributed by atoms with Gasteiger partial charge in [0.1, 0.15) is 6.04 Å². The lowest BCUT2D eigenvalue weighted by Gasteiger charge is -2.14. The zero-order valence-electron chi connectivity index (χ0n) is 12.5. The van der Waals surface area contributed by atoms with E-state index in [-0.39, 0.29) is 5.91 Å². The summed E-state index contributed by atoms with van der Waals surface area (Å²) in [5.41, 5.74) is 0.989. The summed E-state index contributed by atoms with van der Waals surface area (Å²) in [5.74, 6) is 0.422. The van der Waals surface area contributed by atoms with Crippen LogP contribution in [0.5, 0.6) is 0 Å². The number of carbonyl (C=O) groups excluding carboxylic acids is 1. The van der Waals surface area contributed by atoms with Crippen LogP contribution in [0.2, 0.25) is 5.02 Å². The van der Waals surface area contributed by atoms with Gasteiger partial charge in [-0.15, -0.1) is 0 Å². The van der Waals surface area contributed by atoms with Crippen LogP contribution in [0.25, 0.3) is 0 Å². The number of hydrogen-bond acceptors (Lipinski definition) is 3. The molecule has 0 bridgehead atoms. The SMILES string of the molecule is CC(C)Cn1cncc1CNC(=O)[C@H](C)n1cc(Cl)cn1. The summed E-state index contributed by atoms with van der Waals surface area (Å²) in [6, 6.07) is -0.404. The maximum Gasteiger partial charge on any atom is 0.244 e. The van der Waals surface area contributed by atoms with Gasteiger partial charge < -0.3 is 9.88 Å². The Morgan fingerprint density at radius 3 is 2.76 bits per heavy atom. The number of amides is 1. The first-order valence-corrected chi connectivity index (χ1v) is 7.31. The van der Waals surface area contributed by atoms with E-state index in [9.17, 15) is 4.79 Å². The second-order valence-electron chi connectivity index (χ2n) is 5.46. The van der Waals surface area contributed by atoms with Crippen molar-refractivity contribution in [2.75, 3.05) is 0 Å². The first-order chi connectivity index (χ1) is 9.97. The molecular formula is C14H20ClN5O. The summed E-state index contributed by atoms with van der Waals surface area (Å²) >= 11 is 5.81. The quantitative estimate of drug-likeness (QED) is 0.890. The molecule has 2 rings (SSSR count). The molecule has 0 aliphatic rings. The first-order valence-electron chi connectivity index (χ1n) is 6.93. The third-order valence-electron chi connectivity index (χ3n) is 3.15. The second kappa shape index (κ2) is 6.76. The second-order valence-corrected chi connectivity index (χ2v) is 5.90. The third kappa shape index (κ3) is 4.07. The Bertz CT molecular complexity index is 604. The summed E-state index contributed by atoms with van der Waals surface area (Å²) in [6.07, 6.45) is 6.72. The minimum Gasteiger partial charge on any atom is -0.349 e. The van der Waals surface area contributed by atoms with E-state index in [2.05, 4.69) is 33.8 Å². The Labute approximate surface area is 129 Å². The molecule has 0 fully saturated rings. The fraction of sp³-hybridized carbons (Fsp3) is 0.500. The van der Waals surface area contributed by atoms with E-state index in [0.717, 1.165) is 12.2 Å². The average molecular weight is 310 g/mol. The molecule has 6 nitrogen and oxygen atoms in total. The molecule has 2 aromatic heterocycles. The Morgan fingerprint density at radius 1 is 1.38 bits per heavy atom. The zero-order chi connectivity index (χ0) is 15.4. The molecule has 7 heteroatoms. The molecular weight excluding hydrogens is 290 g/mol. The van der Waals surface area contributed by atoms with E-state index < -0.39 is 6.04 Å². The molecule has 0 radical (unpaired) electrons. The predicted molar refractivity (Wildman–Crippen MR) is 80.9 cm³/mol. The van der Waals surface area contributed by atoms with Gasteiger partial charge in [0.05, 0.1) is 29.8 Å². The summed E-state index contributed by atoms with van der Waals surface area (Å²) in [5, 5.41) is 7.47. The van der Waals surface area contributed by atoms with Gasteiger partial charge in [-0.25, -0.2) is 4.98 Å². The Morgan fingerprint density at radius 2 is 2.14 bits per heavy atom. The van der Waals surface area contributed by atoms with Crippen molar-refractivity contribution in [3.05, 3.63) is 35.6 Å². The number of rotatable bonds is 6. The molecule has 0 saturated carbocycles. The van der Waals surface area contributed by atoms with Crippen molar-refractivity contribution < 1.29 is 4.79 Å². The smallest absolute Gasteiger partial charge is 0.244 e. The lowest BCUT2D eigenvalue weighted by atomic mass is 10.2. The highest BCUT2D eigenvalue weighted by Gasteiger charge is 2.16. The van der Waals surface area contributed by atoms with Crippen molar-refractivity contribution in [3.8, 4) is 0 Å². The van der Waals surface area contributed by atoms with Crippen LogP contribution in [0.1, 0.15) is 32.5 Å². The van der Waals surface area contributed by atoms with E-state index in [1.54, 1.807) is 30.3 Å². The van der Waals surface area contributed by atoms with Gasteiger partial charge in [0.15, 0.2) is 0 Å². The fourth-order valence-corrected chi connectivity index (χ4v) is 2.17.